The molecule has 1 rings (SSSR count). The van der Waals surface area contributed by atoms with Gasteiger partial charge in [0.2, 0.25) is 0 Å². The first-order valence-corrected chi connectivity index (χ1v) is 4.83. The maximum absolute atomic E-state index is 11.7. The Hall–Kier alpha value is -1.69. The van der Waals surface area contributed by atoms with Gasteiger partial charge in [0, 0.05) is 13.6 Å². The molecule has 16 heavy (non-hydrogen) atoms. The lowest BCUT2D eigenvalue weighted by molar-refractivity contribution is -0.137. The number of hydrogen-bond acceptors (Lipinski definition) is 4. The van der Waals surface area contributed by atoms with Crippen LogP contribution in [0.15, 0.2) is 12.4 Å². The molecule has 0 saturated heterocycles. The zero-order chi connectivity index (χ0) is 12.1. The van der Waals surface area contributed by atoms with Gasteiger partial charge in [0.05, 0.1) is 18.8 Å². The standard InChI is InChI=1S/C9H10ClN3O3/c1-13(3-2-8(14)15)9(16)6-4-11-5-7(10)12-6/h4-5H,2-3H2,1H3,(H,14,15). The lowest BCUT2D eigenvalue weighted by Crippen LogP contribution is -2.29. The van der Waals surface area contributed by atoms with Crippen molar-refractivity contribution in [3.05, 3.63) is 23.2 Å². The Morgan fingerprint density at radius 3 is 2.75 bits per heavy atom. The highest BCUT2D eigenvalue weighted by Gasteiger charge is 2.14. The van der Waals surface area contributed by atoms with Crippen LogP contribution < -0.4 is 0 Å². The molecule has 0 fully saturated rings. The molecule has 1 amide bonds. The van der Waals surface area contributed by atoms with E-state index in [0.717, 1.165) is 0 Å². The number of halogens is 1. The van der Waals surface area contributed by atoms with Crippen LogP contribution >= 0.6 is 11.6 Å². The summed E-state index contributed by atoms with van der Waals surface area (Å²) in [7, 11) is 1.49. The van der Waals surface area contributed by atoms with E-state index < -0.39 is 11.9 Å². The summed E-state index contributed by atoms with van der Waals surface area (Å²) in [6.07, 6.45) is 2.48. The lowest BCUT2D eigenvalue weighted by Gasteiger charge is -2.14. The molecule has 0 aliphatic rings. The molecule has 0 radical (unpaired) electrons. The number of aliphatic carboxylic acids is 1. The van der Waals surface area contributed by atoms with Gasteiger partial charge in [-0.25, -0.2) is 4.98 Å². The largest absolute Gasteiger partial charge is 0.481 e. The van der Waals surface area contributed by atoms with E-state index in [9.17, 15) is 9.59 Å². The van der Waals surface area contributed by atoms with E-state index in [-0.39, 0.29) is 23.8 Å². The first-order chi connectivity index (χ1) is 7.50. The maximum Gasteiger partial charge on any atom is 0.305 e. The Labute approximate surface area is 96.9 Å². The van der Waals surface area contributed by atoms with Crippen molar-refractivity contribution in [1.82, 2.24) is 14.9 Å². The minimum atomic E-state index is -0.961. The van der Waals surface area contributed by atoms with Crippen LogP contribution in [0.3, 0.4) is 0 Å². The number of carboxylic acids is 1. The third-order valence-corrected chi connectivity index (χ3v) is 2.01. The molecule has 0 aromatic carbocycles. The molecular weight excluding hydrogens is 234 g/mol. The van der Waals surface area contributed by atoms with Crippen molar-refractivity contribution in [2.45, 2.75) is 6.42 Å². The van der Waals surface area contributed by atoms with E-state index in [4.69, 9.17) is 16.7 Å². The quantitative estimate of drug-likeness (QED) is 0.841. The van der Waals surface area contributed by atoms with E-state index in [1.54, 1.807) is 0 Å². The van der Waals surface area contributed by atoms with Gasteiger partial charge in [-0.2, -0.15) is 0 Å². The van der Waals surface area contributed by atoms with Crippen molar-refractivity contribution in [1.29, 1.82) is 0 Å². The predicted octanol–water partition coefficient (Wildman–Crippen LogP) is 0.677. The normalized spacial score (nSPS) is 9.88. The first-order valence-electron chi connectivity index (χ1n) is 4.45. The number of carbonyl (C=O) groups excluding carboxylic acids is 1. The number of carboxylic acid groups (broad SMARTS) is 1. The number of carbonyl (C=O) groups is 2. The number of amides is 1. The van der Waals surface area contributed by atoms with E-state index in [1.807, 2.05) is 0 Å². The topological polar surface area (TPSA) is 83.4 Å². The molecule has 7 heteroatoms. The summed E-state index contributed by atoms with van der Waals surface area (Å²) in [6, 6.07) is 0. The molecule has 0 aliphatic heterocycles. The monoisotopic (exact) mass is 243 g/mol. The molecule has 0 bridgehead atoms. The van der Waals surface area contributed by atoms with Gasteiger partial charge in [0.1, 0.15) is 10.8 Å². The fourth-order valence-electron chi connectivity index (χ4n) is 1.01. The summed E-state index contributed by atoms with van der Waals surface area (Å²) in [5.74, 6) is -1.37. The molecule has 1 heterocycles. The van der Waals surface area contributed by atoms with Gasteiger partial charge >= 0.3 is 5.97 Å². The average Bonchev–Trinajstić information content (AvgIpc) is 2.24. The fourth-order valence-corrected chi connectivity index (χ4v) is 1.15. The van der Waals surface area contributed by atoms with Crippen LogP contribution in [0.1, 0.15) is 16.9 Å². The minimum absolute atomic E-state index is 0.0976. The van der Waals surface area contributed by atoms with Crippen LogP contribution in [-0.4, -0.2) is 45.4 Å². The van der Waals surface area contributed by atoms with Gasteiger partial charge < -0.3 is 10.0 Å². The van der Waals surface area contributed by atoms with Crippen LogP contribution in [0.4, 0.5) is 0 Å². The van der Waals surface area contributed by atoms with Crippen LogP contribution in [-0.2, 0) is 4.79 Å². The van der Waals surface area contributed by atoms with Gasteiger partial charge in [-0.1, -0.05) is 11.6 Å². The number of hydrogen-bond donors (Lipinski definition) is 1. The van der Waals surface area contributed by atoms with Crippen molar-refractivity contribution in [2.75, 3.05) is 13.6 Å². The molecule has 1 aromatic rings. The van der Waals surface area contributed by atoms with Crippen LogP contribution in [0.2, 0.25) is 5.15 Å². The zero-order valence-corrected chi connectivity index (χ0v) is 9.31. The summed E-state index contributed by atoms with van der Waals surface area (Å²) >= 11 is 5.58. The van der Waals surface area contributed by atoms with Crippen LogP contribution in [0.5, 0.6) is 0 Å². The highest BCUT2D eigenvalue weighted by molar-refractivity contribution is 6.29. The Morgan fingerprint density at radius 2 is 2.19 bits per heavy atom. The van der Waals surface area contributed by atoms with Gasteiger partial charge in [-0.3, -0.25) is 14.6 Å². The zero-order valence-electron chi connectivity index (χ0n) is 8.55. The average molecular weight is 244 g/mol. The lowest BCUT2D eigenvalue weighted by atomic mass is 10.3. The predicted molar refractivity (Wildman–Crippen MR) is 56.3 cm³/mol. The Bertz CT molecular complexity index is 411. The van der Waals surface area contributed by atoms with Crippen molar-refractivity contribution in [2.24, 2.45) is 0 Å². The van der Waals surface area contributed by atoms with Crippen molar-refractivity contribution < 1.29 is 14.7 Å². The summed E-state index contributed by atoms with van der Waals surface area (Å²) in [5, 5.41) is 8.59. The Balaban J connectivity index is 2.67. The van der Waals surface area contributed by atoms with Crippen molar-refractivity contribution >= 4 is 23.5 Å². The second-order valence-corrected chi connectivity index (χ2v) is 3.48. The molecule has 0 saturated carbocycles. The fraction of sp³-hybridized carbons (Fsp3) is 0.333. The second kappa shape index (κ2) is 5.41. The van der Waals surface area contributed by atoms with Crippen molar-refractivity contribution in [3.63, 3.8) is 0 Å². The third-order valence-electron chi connectivity index (χ3n) is 1.83. The first kappa shape index (κ1) is 12.4. The van der Waals surface area contributed by atoms with Crippen LogP contribution in [0, 0.1) is 0 Å². The van der Waals surface area contributed by atoms with E-state index in [0.29, 0.717) is 0 Å². The molecule has 0 spiro atoms. The van der Waals surface area contributed by atoms with E-state index in [2.05, 4.69) is 9.97 Å². The van der Waals surface area contributed by atoms with Gasteiger partial charge in [0.15, 0.2) is 0 Å². The van der Waals surface area contributed by atoms with E-state index >= 15 is 0 Å². The maximum atomic E-state index is 11.7. The van der Waals surface area contributed by atoms with E-state index in [1.165, 1.54) is 24.3 Å². The molecule has 0 unspecified atom stereocenters. The Kier molecular flexibility index (Phi) is 4.19. The number of nitrogens with zero attached hydrogens (tertiary/aromatic N) is 3. The molecule has 0 aliphatic carbocycles. The molecule has 1 aromatic heterocycles. The number of aromatic nitrogens is 2. The molecular formula is C9H10ClN3O3. The SMILES string of the molecule is CN(CCC(=O)O)C(=O)c1cncc(Cl)n1. The van der Waals surface area contributed by atoms with Crippen LogP contribution in [0.25, 0.3) is 0 Å². The van der Waals surface area contributed by atoms with Gasteiger partial charge in [-0.05, 0) is 0 Å². The molecule has 1 N–H and O–H groups in total. The third kappa shape index (κ3) is 3.47. The smallest absolute Gasteiger partial charge is 0.305 e. The highest BCUT2D eigenvalue weighted by atomic mass is 35.5. The Morgan fingerprint density at radius 1 is 1.50 bits per heavy atom. The molecule has 6 nitrogen and oxygen atoms in total. The molecule has 86 valence electrons. The minimum Gasteiger partial charge on any atom is -0.481 e. The summed E-state index contributed by atoms with van der Waals surface area (Å²) in [4.78, 5) is 30.8. The van der Waals surface area contributed by atoms with Gasteiger partial charge in [0.25, 0.3) is 5.91 Å². The second-order valence-electron chi connectivity index (χ2n) is 3.10. The summed E-state index contributed by atoms with van der Waals surface area (Å²) < 4.78 is 0. The highest BCUT2D eigenvalue weighted by Crippen LogP contribution is 2.05. The molecule has 0 atom stereocenters. The summed E-state index contributed by atoms with van der Waals surface area (Å²) in [5.41, 5.74) is 0.0976. The summed E-state index contributed by atoms with van der Waals surface area (Å²) in [6.45, 7) is 0.113. The van der Waals surface area contributed by atoms with Crippen molar-refractivity contribution in [3.8, 4) is 0 Å². The van der Waals surface area contributed by atoms with Gasteiger partial charge in [-0.15, -0.1) is 0 Å². The number of rotatable bonds is 4.